The van der Waals surface area contributed by atoms with Gasteiger partial charge in [-0.3, -0.25) is 0 Å². The SMILES string of the molecule is CCOCCNC1CC1C. The molecule has 0 heterocycles. The van der Waals surface area contributed by atoms with Gasteiger partial charge in [-0.05, 0) is 19.3 Å². The highest BCUT2D eigenvalue weighted by Crippen LogP contribution is 2.28. The monoisotopic (exact) mass is 143 g/mol. The van der Waals surface area contributed by atoms with Crippen LogP contribution in [0.1, 0.15) is 20.3 Å². The fourth-order valence-corrected chi connectivity index (χ4v) is 1.07. The standard InChI is InChI=1S/C8H17NO/c1-3-10-5-4-9-8-6-7(8)2/h7-9H,3-6H2,1-2H3. The van der Waals surface area contributed by atoms with E-state index >= 15 is 0 Å². The summed E-state index contributed by atoms with van der Waals surface area (Å²) in [5, 5.41) is 3.42. The summed E-state index contributed by atoms with van der Waals surface area (Å²) in [6.07, 6.45) is 1.35. The molecular formula is C8H17NO. The van der Waals surface area contributed by atoms with Gasteiger partial charge in [-0.25, -0.2) is 0 Å². The second kappa shape index (κ2) is 3.94. The van der Waals surface area contributed by atoms with Crippen molar-refractivity contribution in [2.45, 2.75) is 26.3 Å². The van der Waals surface area contributed by atoms with Crippen molar-refractivity contribution in [2.75, 3.05) is 19.8 Å². The number of nitrogens with one attached hydrogen (secondary N) is 1. The minimum Gasteiger partial charge on any atom is -0.380 e. The van der Waals surface area contributed by atoms with E-state index in [0.29, 0.717) is 0 Å². The summed E-state index contributed by atoms with van der Waals surface area (Å²) in [5.74, 6) is 0.904. The van der Waals surface area contributed by atoms with E-state index in [1.807, 2.05) is 6.92 Å². The lowest BCUT2D eigenvalue weighted by atomic mass is 10.5. The molecule has 1 fully saturated rings. The quantitative estimate of drug-likeness (QED) is 0.580. The highest BCUT2D eigenvalue weighted by molar-refractivity contribution is 4.89. The van der Waals surface area contributed by atoms with Crippen molar-refractivity contribution in [1.29, 1.82) is 0 Å². The first-order valence-corrected chi connectivity index (χ1v) is 4.15. The largest absolute Gasteiger partial charge is 0.380 e. The molecule has 0 saturated heterocycles. The minimum atomic E-state index is 0.792. The van der Waals surface area contributed by atoms with Gasteiger partial charge in [-0.1, -0.05) is 6.92 Å². The van der Waals surface area contributed by atoms with Crippen LogP contribution in [0, 0.1) is 5.92 Å². The number of hydrogen-bond donors (Lipinski definition) is 1. The lowest BCUT2D eigenvalue weighted by Gasteiger charge is -2.01. The van der Waals surface area contributed by atoms with Gasteiger partial charge in [0.2, 0.25) is 0 Å². The first-order valence-electron chi connectivity index (χ1n) is 4.15. The normalized spacial score (nSPS) is 30.6. The van der Waals surface area contributed by atoms with Gasteiger partial charge in [0.15, 0.2) is 0 Å². The molecule has 0 aromatic rings. The highest BCUT2D eigenvalue weighted by atomic mass is 16.5. The maximum absolute atomic E-state index is 5.18. The molecule has 60 valence electrons. The predicted molar refractivity (Wildman–Crippen MR) is 42.1 cm³/mol. The Kier molecular flexibility index (Phi) is 3.16. The van der Waals surface area contributed by atoms with Crippen molar-refractivity contribution < 1.29 is 4.74 Å². The van der Waals surface area contributed by atoms with E-state index in [4.69, 9.17) is 4.74 Å². The van der Waals surface area contributed by atoms with E-state index in [1.165, 1.54) is 6.42 Å². The number of rotatable bonds is 5. The van der Waals surface area contributed by atoms with Crippen molar-refractivity contribution in [3.05, 3.63) is 0 Å². The summed E-state index contributed by atoms with van der Waals surface area (Å²) in [4.78, 5) is 0. The number of hydrogen-bond acceptors (Lipinski definition) is 2. The Labute approximate surface area is 63.0 Å². The zero-order valence-electron chi connectivity index (χ0n) is 6.89. The van der Waals surface area contributed by atoms with E-state index in [9.17, 15) is 0 Å². The zero-order valence-corrected chi connectivity index (χ0v) is 6.89. The van der Waals surface area contributed by atoms with E-state index in [0.717, 1.165) is 31.7 Å². The van der Waals surface area contributed by atoms with Gasteiger partial charge in [0.25, 0.3) is 0 Å². The second-order valence-corrected chi connectivity index (χ2v) is 2.97. The Hall–Kier alpha value is -0.0800. The third-order valence-corrected chi connectivity index (χ3v) is 1.97. The molecule has 0 radical (unpaired) electrons. The van der Waals surface area contributed by atoms with E-state index < -0.39 is 0 Å². The first kappa shape index (κ1) is 8.02. The van der Waals surface area contributed by atoms with Crippen molar-refractivity contribution >= 4 is 0 Å². The van der Waals surface area contributed by atoms with E-state index in [-0.39, 0.29) is 0 Å². The summed E-state index contributed by atoms with van der Waals surface area (Å²) in [6, 6.07) is 0.792. The van der Waals surface area contributed by atoms with Crippen molar-refractivity contribution in [1.82, 2.24) is 5.32 Å². The fraction of sp³-hybridized carbons (Fsp3) is 1.00. The third-order valence-electron chi connectivity index (χ3n) is 1.97. The van der Waals surface area contributed by atoms with Crippen LogP contribution in [0.5, 0.6) is 0 Å². The molecule has 0 amide bonds. The average Bonchev–Trinajstić information content (AvgIpc) is 2.60. The molecule has 2 heteroatoms. The van der Waals surface area contributed by atoms with E-state index in [2.05, 4.69) is 12.2 Å². The smallest absolute Gasteiger partial charge is 0.0590 e. The van der Waals surface area contributed by atoms with E-state index in [1.54, 1.807) is 0 Å². The number of ether oxygens (including phenoxy) is 1. The Morgan fingerprint density at radius 2 is 2.30 bits per heavy atom. The van der Waals surface area contributed by atoms with Gasteiger partial charge >= 0.3 is 0 Å². The van der Waals surface area contributed by atoms with Crippen LogP contribution in [0.15, 0.2) is 0 Å². The maximum Gasteiger partial charge on any atom is 0.0590 e. The molecule has 1 aliphatic carbocycles. The summed E-state index contributed by atoms with van der Waals surface area (Å²) in [7, 11) is 0. The molecule has 1 rings (SSSR count). The molecule has 2 unspecified atom stereocenters. The van der Waals surface area contributed by atoms with Crippen molar-refractivity contribution in [3.63, 3.8) is 0 Å². The topological polar surface area (TPSA) is 21.3 Å². The highest BCUT2D eigenvalue weighted by Gasteiger charge is 2.31. The summed E-state index contributed by atoms with van der Waals surface area (Å²) in [5.41, 5.74) is 0. The Balaban J connectivity index is 1.78. The molecule has 2 atom stereocenters. The predicted octanol–water partition coefficient (Wildman–Crippen LogP) is 1.02. The van der Waals surface area contributed by atoms with Gasteiger partial charge in [0.05, 0.1) is 6.61 Å². The van der Waals surface area contributed by atoms with Crippen LogP contribution in [0.3, 0.4) is 0 Å². The Bertz CT molecular complexity index is 95.3. The fourth-order valence-electron chi connectivity index (χ4n) is 1.07. The lowest BCUT2D eigenvalue weighted by Crippen LogP contribution is -2.22. The molecule has 0 spiro atoms. The van der Waals surface area contributed by atoms with Crippen LogP contribution >= 0.6 is 0 Å². The average molecular weight is 143 g/mol. The lowest BCUT2D eigenvalue weighted by molar-refractivity contribution is 0.149. The van der Waals surface area contributed by atoms with Gasteiger partial charge in [0.1, 0.15) is 0 Å². The molecule has 0 aromatic carbocycles. The van der Waals surface area contributed by atoms with Crippen LogP contribution in [-0.2, 0) is 4.74 Å². The Morgan fingerprint density at radius 3 is 2.80 bits per heavy atom. The zero-order chi connectivity index (χ0) is 7.40. The molecule has 1 aliphatic rings. The van der Waals surface area contributed by atoms with Crippen LogP contribution in [0.2, 0.25) is 0 Å². The third kappa shape index (κ3) is 2.67. The molecule has 0 bridgehead atoms. The molecular weight excluding hydrogens is 126 g/mol. The van der Waals surface area contributed by atoms with Crippen molar-refractivity contribution in [2.24, 2.45) is 5.92 Å². The van der Waals surface area contributed by atoms with Gasteiger partial charge < -0.3 is 10.1 Å². The maximum atomic E-state index is 5.18. The molecule has 0 aliphatic heterocycles. The summed E-state index contributed by atoms with van der Waals surface area (Å²) >= 11 is 0. The van der Waals surface area contributed by atoms with Crippen molar-refractivity contribution in [3.8, 4) is 0 Å². The molecule has 2 nitrogen and oxygen atoms in total. The van der Waals surface area contributed by atoms with Crippen LogP contribution < -0.4 is 5.32 Å². The molecule has 10 heavy (non-hydrogen) atoms. The van der Waals surface area contributed by atoms with Crippen LogP contribution in [0.4, 0.5) is 0 Å². The molecule has 0 aromatic heterocycles. The first-order chi connectivity index (χ1) is 4.84. The van der Waals surface area contributed by atoms with Gasteiger partial charge in [0, 0.05) is 19.2 Å². The molecule has 1 N–H and O–H groups in total. The summed E-state index contributed by atoms with van der Waals surface area (Å²) in [6.45, 7) is 7.02. The molecule has 1 saturated carbocycles. The second-order valence-electron chi connectivity index (χ2n) is 2.97. The Morgan fingerprint density at radius 1 is 1.60 bits per heavy atom. The van der Waals surface area contributed by atoms with Crippen LogP contribution in [-0.4, -0.2) is 25.8 Å². The summed E-state index contributed by atoms with van der Waals surface area (Å²) < 4.78 is 5.18. The minimum absolute atomic E-state index is 0.792. The van der Waals surface area contributed by atoms with Gasteiger partial charge in [-0.2, -0.15) is 0 Å². The van der Waals surface area contributed by atoms with Gasteiger partial charge in [-0.15, -0.1) is 0 Å². The van der Waals surface area contributed by atoms with Crippen LogP contribution in [0.25, 0.3) is 0 Å².